The summed E-state index contributed by atoms with van der Waals surface area (Å²) in [7, 11) is 0. The molecule has 0 N–H and O–H groups in total. The van der Waals surface area contributed by atoms with E-state index in [9.17, 15) is 10.1 Å². The minimum Gasteiger partial charge on any atom is -0.350 e. The number of ether oxygens (including phenoxy) is 2. The summed E-state index contributed by atoms with van der Waals surface area (Å²) in [6.07, 6.45) is -0.00377. The van der Waals surface area contributed by atoms with Crippen LogP contribution in [-0.4, -0.2) is 30.0 Å². The minimum atomic E-state index is -1.00. The van der Waals surface area contributed by atoms with Gasteiger partial charge < -0.3 is 9.47 Å². The lowest BCUT2D eigenvalue weighted by Gasteiger charge is -2.27. The summed E-state index contributed by atoms with van der Waals surface area (Å²) >= 11 is 0. The van der Waals surface area contributed by atoms with E-state index in [1.807, 2.05) is 30.3 Å². The topological polar surface area (TPSA) is 61.6 Å². The van der Waals surface area contributed by atoms with Crippen LogP contribution >= 0.6 is 0 Å². The van der Waals surface area contributed by atoms with Crippen molar-refractivity contribution < 1.29 is 14.4 Å². The van der Waals surface area contributed by atoms with E-state index in [0.29, 0.717) is 19.6 Å². The fourth-order valence-electron chi connectivity index (χ4n) is 2.29. The third kappa shape index (κ3) is 3.30. The highest BCUT2D eigenvalue weighted by Gasteiger charge is 2.39. The molecule has 1 aromatic rings. The Kier molecular flexibility index (Phi) is 4.17. The second-order valence-electron chi connectivity index (χ2n) is 5.40. The summed E-state index contributed by atoms with van der Waals surface area (Å²) in [6.45, 7) is 4.37. The van der Waals surface area contributed by atoms with Crippen molar-refractivity contribution in [1.82, 2.24) is 0 Å². The van der Waals surface area contributed by atoms with Crippen LogP contribution in [0.25, 0.3) is 0 Å². The van der Waals surface area contributed by atoms with E-state index < -0.39 is 5.54 Å². The summed E-state index contributed by atoms with van der Waals surface area (Å²) in [5.74, 6) is -0.121. The molecule has 1 fully saturated rings. The van der Waals surface area contributed by atoms with Crippen LogP contribution in [0.15, 0.2) is 30.3 Å². The average molecular weight is 265 g/mol. The summed E-state index contributed by atoms with van der Waals surface area (Å²) in [4.78, 5) is 10.9. The van der Waals surface area contributed by atoms with Crippen LogP contribution in [0.3, 0.4) is 0 Å². The molecular formula is C14H19NO4. The number of hydrogen-bond acceptors (Lipinski definition) is 4. The Balaban J connectivity index is 2.22. The van der Waals surface area contributed by atoms with E-state index in [2.05, 4.69) is 0 Å². The van der Waals surface area contributed by atoms with Crippen LogP contribution in [0.2, 0.25) is 0 Å². The highest BCUT2D eigenvalue weighted by molar-refractivity contribution is 5.21. The molecule has 0 radical (unpaired) electrons. The molecule has 1 aliphatic heterocycles. The molecule has 1 aliphatic rings. The Morgan fingerprint density at radius 1 is 1.32 bits per heavy atom. The standard InChI is InChI=1S/C14H19NO4/c1-14(2,15(16)17)10-12(13-18-8-9-19-13)11-6-4-3-5-7-11/h3-7,12-13H,8-10H2,1-2H3. The van der Waals surface area contributed by atoms with Gasteiger partial charge >= 0.3 is 0 Å². The van der Waals surface area contributed by atoms with Gasteiger partial charge in [-0.25, -0.2) is 0 Å². The van der Waals surface area contributed by atoms with E-state index in [-0.39, 0.29) is 17.1 Å². The van der Waals surface area contributed by atoms with Crippen molar-refractivity contribution in [2.45, 2.75) is 38.0 Å². The Morgan fingerprint density at radius 3 is 2.42 bits per heavy atom. The number of hydrogen-bond donors (Lipinski definition) is 0. The van der Waals surface area contributed by atoms with E-state index in [1.54, 1.807) is 13.8 Å². The zero-order valence-corrected chi connectivity index (χ0v) is 11.2. The van der Waals surface area contributed by atoms with E-state index in [1.165, 1.54) is 0 Å². The smallest absolute Gasteiger partial charge is 0.217 e. The zero-order valence-electron chi connectivity index (χ0n) is 11.2. The molecule has 1 saturated heterocycles. The van der Waals surface area contributed by atoms with Crippen LogP contribution in [0.1, 0.15) is 31.7 Å². The number of benzene rings is 1. The molecule has 0 saturated carbocycles. The third-order valence-corrected chi connectivity index (χ3v) is 3.42. The fraction of sp³-hybridized carbons (Fsp3) is 0.571. The molecule has 0 amide bonds. The van der Waals surface area contributed by atoms with Crippen LogP contribution in [0.4, 0.5) is 0 Å². The van der Waals surface area contributed by atoms with Crippen LogP contribution < -0.4 is 0 Å². The molecule has 0 aromatic heterocycles. The predicted molar refractivity (Wildman–Crippen MR) is 70.6 cm³/mol. The monoisotopic (exact) mass is 265 g/mol. The molecule has 19 heavy (non-hydrogen) atoms. The molecule has 0 bridgehead atoms. The van der Waals surface area contributed by atoms with Crippen LogP contribution in [-0.2, 0) is 9.47 Å². The molecule has 1 heterocycles. The van der Waals surface area contributed by atoms with Gasteiger partial charge in [-0.2, -0.15) is 0 Å². The molecule has 5 heteroatoms. The van der Waals surface area contributed by atoms with Crippen molar-refractivity contribution in [2.24, 2.45) is 0 Å². The van der Waals surface area contributed by atoms with Gasteiger partial charge in [0.1, 0.15) is 0 Å². The van der Waals surface area contributed by atoms with Gasteiger partial charge in [-0.1, -0.05) is 30.3 Å². The first-order valence-corrected chi connectivity index (χ1v) is 6.43. The summed E-state index contributed by atoms with van der Waals surface area (Å²) in [5, 5.41) is 11.1. The Morgan fingerprint density at radius 2 is 1.89 bits per heavy atom. The maximum atomic E-state index is 11.1. The largest absolute Gasteiger partial charge is 0.350 e. The highest BCUT2D eigenvalue weighted by Crippen LogP contribution is 2.34. The second-order valence-corrected chi connectivity index (χ2v) is 5.40. The molecule has 1 atom stereocenters. The van der Waals surface area contributed by atoms with Crippen molar-refractivity contribution in [3.8, 4) is 0 Å². The van der Waals surface area contributed by atoms with Gasteiger partial charge in [0.2, 0.25) is 5.54 Å². The normalized spacial score (nSPS) is 18.4. The Labute approximate surface area is 112 Å². The SMILES string of the molecule is CC(C)(CC(c1ccccc1)C1OCCO1)[N+](=O)[O-]. The molecule has 5 nitrogen and oxygen atoms in total. The first-order valence-electron chi connectivity index (χ1n) is 6.43. The van der Waals surface area contributed by atoms with Crippen molar-refractivity contribution >= 4 is 0 Å². The summed E-state index contributed by atoms with van der Waals surface area (Å²) < 4.78 is 11.1. The molecule has 0 spiro atoms. The summed E-state index contributed by atoms with van der Waals surface area (Å²) in [5.41, 5.74) is 0.0137. The first-order chi connectivity index (χ1) is 9.00. The first kappa shape index (κ1) is 14.0. The molecular weight excluding hydrogens is 246 g/mol. The van der Waals surface area contributed by atoms with Gasteiger partial charge in [-0.05, 0) is 5.56 Å². The third-order valence-electron chi connectivity index (χ3n) is 3.42. The van der Waals surface area contributed by atoms with E-state index in [0.717, 1.165) is 5.56 Å². The molecule has 1 aromatic carbocycles. The Bertz CT molecular complexity index is 426. The predicted octanol–water partition coefficient (Wildman–Crippen LogP) is 2.59. The van der Waals surface area contributed by atoms with E-state index >= 15 is 0 Å². The van der Waals surface area contributed by atoms with E-state index in [4.69, 9.17) is 9.47 Å². The Hall–Kier alpha value is -1.46. The molecule has 0 aliphatic carbocycles. The highest BCUT2D eigenvalue weighted by atomic mass is 16.7. The summed E-state index contributed by atoms with van der Waals surface area (Å²) in [6, 6.07) is 9.71. The molecule has 1 unspecified atom stereocenters. The van der Waals surface area contributed by atoms with Gasteiger partial charge in [0.25, 0.3) is 0 Å². The van der Waals surface area contributed by atoms with Crippen LogP contribution in [0, 0.1) is 10.1 Å². The average Bonchev–Trinajstić information content (AvgIpc) is 2.90. The lowest BCUT2D eigenvalue weighted by atomic mass is 9.85. The lowest BCUT2D eigenvalue weighted by Crippen LogP contribution is -2.36. The number of rotatable bonds is 5. The van der Waals surface area contributed by atoms with Gasteiger partial charge in [-0.15, -0.1) is 0 Å². The second kappa shape index (κ2) is 5.67. The van der Waals surface area contributed by atoms with Gasteiger partial charge in [0.05, 0.1) is 13.2 Å². The van der Waals surface area contributed by atoms with Gasteiger partial charge in [-0.3, -0.25) is 10.1 Å². The van der Waals surface area contributed by atoms with Crippen molar-refractivity contribution in [2.75, 3.05) is 13.2 Å². The van der Waals surface area contributed by atoms with Crippen molar-refractivity contribution in [1.29, 1.82) is 0 Å². The van der Waals surface area contributed by atoms with Crippen LogP contribution in [0.5, 0.6) is 0 Å². The zero-order chi connectivity index (χ0) is 13.9. The molecule has 104 valence electrons. The lowest BCUT2D eigenvalue weighted by molar-refractivity contribution is -0.562. The quantitative estimate of drug-likeness (QED) is 0.606. The fourth-order valence-corrected chi connectivity index (χ4v) is 2.29. The molecule has 2 rings (SSSR count). The van der Waals surface area contributed by atoms with Crippen molar-refractivity contribution in [3.63, 3.8) is 0 Å². The van der Waals surface area contributed by atoms with Gasteiger partial charge in [0.15, 0.2) is 6.29 Å². The van der Waals surface area contributed by atoms with Gasteiger partial charge in [0, 0.05) is 31.1 Å². The number of nitro groups is 1. The maximum Gasteiger partial charge on any atom is 0.217 e. The minimum absolute atomic E-state index is 0.121. The van der Waals surface area contributed by atoms with Crippen molar-refractivity contribution in [3.05, 3.63) is 46.0 Å². The maximum absolute atomic E-state index is 11.1. The number of nitrogens with zero attached hydrogens (tertiary/aromatic N) is 1.